The third kappa shape index (κ3) is 1.42. The molecular weight excluding hydrogens is 198 g/mol. The number of fused-ring (bicyclic) bond motifs is 1. The molecule has 3 aromatic rings. The van der Waals surface area contributed by atoms with E-state index in [4.69, 9.17) is 6.85 Å². The quantitative estimate of drug-likeness (QED) is 0.622. The van der Waals surface area contributed by atoms with Crippen LogP contribution in [0.2, 0.25) is 0 Å². The number of pyridine rings is 1. The van der Waals surface area contributed by atoms with Gasteiger partial charge in [-0.3, -0.25) is 4.98 Å². The summed E-state index contributed by atoms with van der Waals surface area (Å²) in [4.78, 5) is 12.3. The first kappa shape index (κ1) is 5.16. The summed E-state index contributed by atoms with van der Waals surface area (Å²) in [7, 11) is 0. The molecule has 2 aromatic heterocycles. The summed E-state index contributed by atoms with van der Waals surface area (Å²) < 4.78 is 39.0. The molecule has 2 heterocycles. The minimum Gasteiger partial charge on any atom is -0.252 e. The van der Waals surface area contributed by atoms with E-state index in [1.807, 2.05) is 0 Å². The van der Waals surface area contributed by atoms with Crippen LogP contribution >= 0.6 is 0 Å². The lowest BCUT2D eigenvalue weighted by atomic mass is 10.1. The van der Waals surface area contributed by atoms with Gasteiger partial charge in [0.2, 0.25) is 0 Å². The third-order valence-electron chi connectivity index (χ3n) is 2.13. The van der Waals surface area contributed by atoms with E-state index in [9.17, 15) is 0 Å². The van der Waals surface area contributed by atoms with Crippen molar-refractivity contribution in [3.63, 3.8) is 0 Å². The van der Waals surface area contributed by atoms with E-state index >= 15 is 0 Å². The number of nitrogens with zero attached hydrogens (tertiary/aromatic N) is 3. The number of rotatable bonds is 1. The first-order valence-corrected chi connectivity index (χ1v) is 4.65. The van der Waals surface area contributed by atoms with Crippen molar-refractivity contribution in [3.05, 3.63) is 54.9 Å². The van der Waals surface area contributed by atoms with Crippen LogP contribution in [-0.4, -0.2) is 15.0 Å². The maximum Gasteiger partial charge on any atom is 0.116 e. The van der Waals surface area contributed by atoms with Crippen molar-refractivity contribution in [1.82, 2.24) is 15.0 Å². The van der Waals surface area contributed by atoms with Gasteiger partial charge in [0.05, 0.1) is 18.1 Å². The fourth-order valence-electron chi connectivity index (χ4n) is 1.44. The second-order valence-corrected chi connectivity index (χ2v) is 3.09. The average Bonchev–Trinajstić information content (AvgIpc) is 2.51. The summed E-state index contributed by atoms with van der Waals surface area (Å²) >= 11 is 0. The lowest BCUT2D eigenvalue weighted by Crippen LogP contribution is -1.90. The SMILES string of the molecule is [2H]c1c([2H])c([2H])c(-c2ncnc3cccnc23)c([2H])c1[2H]. The molecule has 0 aliphatic carbocycles. The van der Waals surface area contributed by atoms with Gasteiger partial charge >= 0.3 is 0 Å². The Labute approximate surface area is 99.9 Å². The topological polar surface area (TPSA) is 38.7 Å². The molecule has 0 bridgehead atoms. The molecule has 76 valence electrons. The monoisotopic (exact) mass is 212 g/mol. The van der Waals surface area contributed by atoms with Crippen molar-refractivity contribution in [3.8, 4) is 11.3 Å². The fourth-order valence-corrected chi connectivity index (χ4v) is 1.44. The number of hydrogen-bond donors (Lipinski definition) is 0. The molecule has 16 heavy (non-hydrogen) atoms. The van der Waals surface area contributed by atoms with Crippen molar-refractivity contribution < 1.29 is 6.85 Å². The summed E-state index contributed by atoms with van der Waals surface area (Å²) in [6.45, 7) is 0. The molecule has 0 unspecified atom stereocenters. The normalized spacial score (nSPS) is 14.9. The maximum absolute atomic E-state index is 7.99. The summed E-state index contributed by atoms with van der Waals surface area (Å²) in [5.74, 6) is 0. The molecule has 3 heteroatoms. The van der Waals surface area contributed by atoms with Crippen LogP contribution in [0.1, 0.15) is 6.85 Å². The highest BCUT2D eigenvalue weighted by atomic mass is 14.9. The number of aromatic nitrogens is 3. The summed E-state index contributed by atoms with van der Waals surface area (Å²) in [5, 5.41) is 0. The summed E-state index contributed by atoms with van der Waals surface area (Å²) in [5.41, 5.74) is 1.22. The smallest absolute Gasteiger partial charge is 0.116 e. The molecule has 3 rings (SSSR count). The highest BCUT2D eigenvalue weighted by molar-refractivity contribution is 5.88. The van der Waals surface area contributed by atoms with Gasteiger partial charge in [-0.2, -0.15) is 0 Å². The standard InChI is InChI=1S/C13H9N3/c1-2-5-10(6-3-1)12-13-11(15-9-16-12)7-4-8-14-13/h1-9H/i1D,2D,3D,5D,6D. The Morgan fingerprint density at radius 1 is 1.00 bits per heavy atom. The minimum absolute atomic E-state index is 0.0344. The van der Waals surface area contributed by atoms with E-state index in [0.717, 1.165) is 0 Å². The average molecular weight is 212 g/mol. The Morgan fingerprint density at radius 3 is 2.75 bits per heavy atom. The third-order valence-corrected chi connectivity index (χ3v) is 2.13. The molecule has 0 fully saturated rings. The Morgan fingerprint density at radius 2 is 1.88 bits per heavy atom. The molecule has 0 amide bonds. The Hall–Kier alpha value is -2.29. The summed E-state index contributed by atoms with van der Waals surface area (Å²) in [6.07, 6.45) is 2.84. The molecule has 0 saturated carbocycles. The first-order chi connectivity index (χ1) is 10.0. The highest BCUT2D eigenvalue weighted by Crippen LogP contribution is 2.22. The second kappa shape index (κ2) is 3.70. The van der Waals surface area contributed by atoms with Gasteiger partial charge in [0.15, 0.2) is 0 Å². The minimum atomic E-state index is -0.430. The van der Waals surface area contributed by atoms with Crippen molar-refractivity contribution >= 4 is 11.0 Å². The van der Waals surface area contributed by atoms with Crippen molar-refractivity contribution in [1.29, 1.82) is 0 Å². The molecule has 0 aliphatic heterocycles. The van der Waals surface area contributed by atoms with E-state index < -0.39 is 18.1 Å². The molecule has 3 nitrogen and oxygen atoms in total. The van der Waals surface area contributed by atoms with Gasteiger partial charge in [0.1, 0.15) is 11.8 Å². The van der Waals surface area contributed by atoms with E-state index in [1.54, 1.807) is 18.3 Å². The van der Waals surface area contributed by atoms with Crippen LogP contribution in [0.15, 0.2) is 54.9 Å². The molecule has 0 atom stereocenters. The fraction of sp³-hybridized carbons (Fsp3) is 0. The molecule has 0 saturated heterocycles. The van der Waals surface area contributed by atoms with Crippen LogP contribution in [-0.2, 0) is 0 Å². The van der Waals surface area contributed by atoms with Gasteiger partial charge in [0.25, 0.3) is 0 Å². The molecule has 0 radical (unpaired) electrons. The van der Waals surface area contributed by atoms with E-state index in [1.165, 1.54) is 6.33 Å². The van der Waals surface area contributed by atoms with Crippen LogP contribution in [0, 0.1) is 0 Å². The highest BCUT2D eigenvalue weighted by Gasteiger charge is 2.05. The molecule has 0 aliphatic rings. The van der Waals surface area contributed by atoms with Crippen LogP contribution in [0.5, 0.6) is 0 Å². The van der Waals surface area contributed by atoms with Gasteiger partial charge in [-0.05, 0) is 12.1 Å². The molecule has 1 aromatic carbocycles. The lowest BCUT2D eigenvalue weighted by molar-refractivity contribution is 1.20. The van der Waals surface area contributed by atoms with Crippen LogP contribution in [0.25, 0.3) is 22.3 Å². The zero-order chi connectivity index (χ0) is 15.1. The maximum atomic E-state index is 7.99. The van der Waals surface area contributed by atoms with Gasteiger partial charge in [0, 0.05) is 11.8 Å². The van der Waals surface area contributed by atoms with Gasteiger partial charge in [-0.1, -0.05) is 30.2 Å². The molecular formula is C13H9N3. The zero-order valence-corrected chi connectivity index (χ0v) is 8.15. The molecule has 0 spiro atoms. The summed E-state index contributed by atoms with van der Waals surface area (Å²) in [6, 6.07) is 1.62. The lowest BCUT2D eigenvalue weighted by Gasteiger charge is -2.03. The van der Waals surface area contributed by atoms with Crippen LogP contribution < -0.4 is 0 Å². The van der Waals surface area contributed by atoms with E-state index in [0.29, 0.717) is 11.0 Å². The van der Waals surface area contributed by atoms with Crippen LogP contribution in [0.3, 0.4) is 0 Å². The van der Waals surface area contributed by atoms with Gasteiger partial charge < -0.3 is 0 Å². The second-order valence-electron chi connectivity index (χ2n) is 3.09. The van der Waals surface area contributed by atoms with Crippen LogP contribution in [0.4, 0.5) is 0 Å². The molecule has 0 N–H and O–H groups in total. The number of benzene rings is 1. The van der Waals surface area contributed by atoms with E-state index in [2.05, 4.69) is 15.0 Å². The number of hydrogen-bond acceptors (Lipinski definition) is 3. The van der Waals surface area contributed by atoms with Gasteiger partial charge in [-0.15, -0.1) is 0 Å². The zero-order valence-electron chi connectivity index (χ0n) is 13.2. The van der Waals surface area contributed by atoms with Crippen molar-refractivity contribution in [2.24, 2.45) is 0 Å². The first-order valence-electron chi connectivity index (χ1n) is 7.15. The Kier molecular flexibility index (Phi) is 1.19. The van der Waals surface area contributed by atoms with Crippen molar-refractivity contribution in [2.45, 2.75) is 0 Å². The van der Waals surface area contributed by atoms with E-state index in [-0.39, 0.29) is 23.3 Å². The Bertz CT molecular complexity index is 832. The van der Waals surface area contributed by atoms with Crippen molar-refractivity contribution in [2.75, 3.05) is 0 Å². The Balaban J connectivity index is 2.44. The largest absolute Gasteiger partial charge is 0.252 e. The van der Waals surface area contributed by atoms with Gasteiger partial charge in [-0.25, -0.2) is 9.97 Å². The predicted octanol–water partition coefficient (Wildman–Crippen LogP) is 2.69. The predicted molar refractivity (Wildman–Crippen MR) is 62.8 cm³/mol.